The molecular weight excluding hydrogens is 254 g/mol. The van der Waals surface area contributed by atoms with Gasteiger partial charge >= 0.3 is 0 Å². The van der Waals surface area contributed by atoms with Crippen LogP contribution < -0.4 is 5.32 Å². The van der Waals surface area contributed by atoms with Crippen molar-refractivity contribution in [1.82, 2.24) is 5.32 Å². The van der Waals surface area contributed by atoms with Crippen molar-refractivity contribution in [2.24, 2.45) is 0 Å². The van der Waals surface area contributed by atoms with Crippen LogP contribution in [-0.4, -0.2) is 26.7 Å². The quantitative estimate of drug-likeness (QED) is 0.783. The molecule has 0 radical (unpaired) electrons. The fourth-order valence-electron chi connectivity index (χ4n) is 1.89. The molecule has 0 aromatic heterocycles. The maximum Gasteiger partial charge on any atom is 0.192 e. The molecule has 0 aromatic rings. The van der Waals surface area contributed by atoms with E-state index in [1.165, 1.54) is 0 Å². The summed E-state index contributed by atoms with van der Waals surface area (Å²) >= 11 is 0. The van der Waals surface area contributed by atoms with Crippen LogP contribution in [0.1, 0.15) is 47.0 Å². The van der Waals surface area contributed by atoms with Crippen molar-refractivity contribution in [2.45, 2.75) is 71.1 Å². The summed E-state index contributed by atoms with van der Waals surface area (Å²) in [5.74, 6) is 0.228. The first-order chi connectivity index (χ1) is 8.65. The van der Waals surface area contributed by atoms with Crippen LogP contribution in [0.5, 0.6) is 0 Å². The largest absolute Gasteiger partial charge is 0.415 e. The van der Waals surface area contributed by atoms with Crippen LogP contribution in [0.25, 0.3) is 0 Å². The third kappa shape index (κ3) is 4.77. The van der Waals surface area contributed by atoms with Crippen molar-refractivity contribution in [3.8, 4) is 0 Å². The number of hydrogen-bond acceptors (Lipinski definition) is 3. The Bertz CT molecular complexity index is 356. The first kappa shape index (κ1) is 16.4. The second kappa shape index (κ2) is 6.22. The Balaban J connectivity index is 2.56. The SMILES string of the molecule is CCCC1=CC(=O)C[C@H](CO[Si](C)(C)C(C)(C)C)N1. The Labute approximate surface area is 118 Å². The molecular formula is C15H29NO2Si. The zero-order valence-corrected chi connectivity index (χ0v) is 14.3. The number of carbonyl (C=O) groups excluding carboxylic acids is 1. The van der Waals surface area contributed by atoms with Gasteiger partial charge < -0.3 is 9.74 Å². The third-order valence-electron chi connectivity index (χ3n) is 4.14. The van der Waals surface area contributed by atoms with Gasteiger partial charge in [0.15, 0.2) is 14.1 Å². The number of ketones is 1. The van der Waals surface area contributed by atoms with Crippen LogP contribution in [0, 0.1) is 0 Å². The maximum absolute atomic E-state index is 11.7. The molecule has 0 amide bonds. The maximum atomic E-state index is 11.7. The molecule has 1 aliphatic heterocycles. The van der Waals surface area contributed by atoms with Gasteiger partial charge in [0.2, 0.25) is 0 Å². The van der Waals surface area contributed by atoms with E-state index in [1.54, 1.807) is 6.08 Å². The molecule has 110 valence electrons. The predicted octanol–water partition coefficient (Wildman–Crippen LogP) is 3.62. The van der Waals surface area contributed by atoms with E-state index in [0.717, 1.165) is 18.5 Å². The van der Waals surface area contributed by atoms with Crippen molar-refractivity contribution >= 4 is 14.1 Å². The molecule has 4 heteroatoms. The summed E-state index contributed by atoms with van der Waals surface area (Å²) < 4.78 is 6.21. The van der Waals surface area contributed by atoms with Gasteiger partial charge in [0, 0.05) is 18.2 Å². The van der Waals surface area contributed by atoms with Crippen LogP contribution >= 0.6 is 0 Å². The molecule has 0 aliphatic carbocycles. The van der Waals surface area contributed by atoms with E-state index >= 15 is 0 Å². The Morgan fingerprint density at radius 1 is 1.42 bits per heavy atom. The average Bonchev–Trinajstić information content (AvgIpc) is 2.25. The summed E-state index contributed by atoms with van der Waals surface area (Å²) in [6, 6.07) is 0.146. The van der Waals surface area contributed by atoms with Crippen LogP contribution in [0.3, 0.4) is 0 Å². The van der Waals surface area contributed by atoms with Crippen LogP contribution in [0.15, 0.2) is 11.8 Å². The first-order valence-electron chi connectivity index (χ1n) is 7.29. The monoisotopic (exact) mass is 283 g/mol. The molecule has 1 aliphatic rings. The zero-order chi connectivity index (χ0) is 14.7. The summed E-state index contributed by atoms with van der Waals surface area (Å²) in [5.41, 5.74) is 1.07. The van der Waals surface area contributed by atoms with Gasteiger partial charge in [-0.1, -0.05) is 34.1 Å². The van der Waals surface area contributed by atoms with E-state index in [-0.39, 0.29) is 16.9 Å². The number of nitrogens with one attached hydrogen (secondary N) is 1. The molecule has 0 bridgehead atoms. The number of carbonyl (C=O) groups is 1. The normalized spacial score (nSPS) is 21.1. The van der Waals surface area contributed by atoms with Gasteiger partial charge in [-0.25, -0.2) is 0 Å². The summed E-state index contributed by atoms with van der Waals surface area (Å²) in [4.78, 5) is 11.7. The van der Waals surface area contributed by atoms with Crippen molar-refractivity contribution in [1.29, 1.82) is 0 Å². The third-order valence-corrected chi connectivity index (χ3v) is 8.64. The summed E-state index contributed by atoms with van der Waals surface area (Å²) in [5, 5.41) is 3.66. The molecule has 1 atom stereocenters. The lowest BCUT2D eigenvalue weighted by atomic mass is 10.0. The molecule has 0 saturated heterocycles. The Kier molecular flexibility index (Phi) is 5.39. The van der Waals surface area contributed by atoms with Gasteiger partial charge in [-0.2, -0.15) is 0 Å². The zero-order valence-electron chi connectivity index (χ0n) is 13.3. The molecule has 1 rings (SSSR count). The number of rotatable bonds is 5. The molecule has 0 aromatic carbocycles. The van der Waals surface area contributed by atoms with Crippen molar-refractivity contribution in [3.05, 3.63) is 11.8 Å². The Morgan fingerprint density at radius 3 is 2.58 bits per heavy atom. The van der Waals surface area contributed by atoms with Gasteiger partial charge in [0.25, 0.3) is 0 Å². The summed E-state index contributed by atoms with van der Waals surface area (Å²) in [6.07, 6.45) is 4.32. The van der Waals surface area contributed by atoms with E-state index in [9.17, 15) is 4.79 Å². The highest BCUT2D eigenvalue weighted by Gasteiger charge is 2.37. The molecule has 1 heterocycles. The minimum absolute atomic E-state index is 0.146. The topological polar surface area (TPSA) is 38.3 Å². The lowest BCUT2D eigenvalue weighted by Crippen LogP contribution is -2.46. The highest BCUT2D eigenvalue weighted by Crippen LogP contribution is 2.36. The fourth-order valence-corrected chi connectivity index (χ4v) is 2.94. The number of hydrogen-bond donors (Lipinski definition) is 1. The van der Waals surface area contributed by atoms with Gasteiger partial charge in [0.05, 0.1) is 12.6 Å². The van der Waals surface area contributed by atoms with Crippen molar-refractivity contribution in [3.63, 3.8) is 0 Å². The highest BCUT2D eigenvalue weighted by atomic mass is 28.4. The fraction of sp³-hybridized carbons (Fsp3) is 0.800. The summed E-state index contributed by atoms with van der Waals surface area (Å²) in [6.45, 7) is 14.0. The highest BCUT2D eigenvalue weighted by molar-refractivity contribution is 6.74. The second-order valence-electron chi connectivity index (χ2n) is 7.00. The van der Waals surface area contributed by atoms with Gasteiger partial charge in [-0.15, -0.1) is 0 Å². The first-order valence-corrected chi connectivity index (χ1v) is 10.2. The standard InChI is InChI=1S/C15H29NO2Si/c1-7-8-12-9-14(17)10-13(16-12)11-18-19(5,6)15(2,3)4/h9,13,16H,7-8,10-11H2,1-6H3/t13-/m1/s1. The molecule has 0 saturated carbocycles. The van der Waals surface area contributed by atoms with E-state index < -0.39 is 8.32 Å². The van der Waals surface area contributed by atoms with E-state index in [2.05, 4.69) is 46.1 Å². The lowest BCUT2D eigenvalue weighted by Gasteiger charge is -2.38. The molecule has 0 spiro atoms. The smallest absolute Gasteiger partial charge is 0.192 e. The Morgan fingerprint density at radius 2 is 2.05 bits per heavy atom. The predicted molar refractivity (Wildman–Crippen MR) is 82.7 cm³/mol. The van der Waals surface area contributed by atoms with E-state index in [1.807, 2.05) is 0 Å². The molecule has 19 heavy (non-hydrogen) atoms. The van der Waals surface area contributed by atoms with Crippen molar-refractivity contribution in [2.75, 3.05) is 6.61 Å². The minimum atomic E-state index is -1.72. The Hall–Kier alpha value is -0.613. The van der Waals surface area contributed by atoms with Gasteiger partial charge in [-0.3, -0.25) is 4.79 Å². The van der Waals surface area contributed by atoms with Crippen LogP contribution in [-0.2, 0) is 9.22 Å². The van der Waals surface area contributed by atoms with Crippen LogP contribution in [0.2, 0.25) is 18.1 Å². The lowest BCUT2D eigenvalue weighted by molar-refractivity contribution is -0.115. The second-order valence-corrected chi connectivity index (χ2v) is 11.8. The summed E-state index contributed by atoms with van der Waals surface area (Å²) in [7, 11) is -1.72. The van der Waals surface area contributed by atoms with Crippen LogP contribution in [0.4, 0.5) is 0 Å². The van der Waals surface area contributed by atoms with Gasteiger partial charge in [0.1, 0.15) is 0 Å². The minimum Gasteiger partial charge on any atom is -0.415 e. The molecule has 1 N–H and O–H groups in total. The van der Waals surface area contributed by atoms with E-state index in [4.69, 9.17) is 4.43 Å². The van der Waals surface area contributed by atoms with E-state index in [0.29, 0.717) is 13.0 Å². The average molecular weight is 283 g/mol. The molecule has 0 fully saturated rings. The van der Waals surface area contributed by atoms with Gasteiger partial charge in [-0.05, 0) is 24.6 Å². The molecule has 0 unspecified atom stereocenters. The number of allylic oxidation sites excluding steroid dienone is 2. The van der Waals surface area contributed by atoms with Crippen molar-refractivity contribution < 1.29 is 9.22 Å². The molecule has 3 nitrogen and oxygen atoms in total.